The van der Waals surface area contributed by atoms with E-state index in [1.54, 1.807) is 19.2 Å². The van der Waals surface area contributed by atoms with Gasteiger partial charge >= 0.3 is 6.18 Å². The number of nitrogens with zero attached hydrogens (tertiary/aromatic N) is 3. The fourth-order valence-corrected chi connectivity index (χ4v) is 3.05. The van der Waals surface area contributed by atoms with Crippen molar-refractivity contribution in [3.63, 3.8) is 0 Å². The van der Waals surface area contributed by atoms with Crippen molar-refractivity contribution in [2.45, 2.75) is 32.0 Å². The highest BCUT2D eigenvalue weighted by Gasteiger charge is 2.38. The summed E-state index contributed by atoms with van der Waals surface area (Å²) in [6.45, 7) is 2.16. The fourth-order valence-electron chi connectivity index (χ4n) is 3.05. The Bertz CT molecular complexity index is 761. The van der Waals surface area contributed by atoms with Crippen LogP contribution in [0.15, 0.2) is 36.5 Å². The summed E-state index contributed by atoms with van der Waals surface area (Å²) < 4.78 is 39.5. The van der Waals surface area contributed by atoms with Crippen molar-refractivity contribution in [3.05, 3.63) is 59.2 Å². The highest BCUT2D eigenvalue weighted by molar-refractivity contribution is 5.96. The molecule has 7 heteroatoms. The van der Waals surface area contributed by atoms with Gasteiger partial charge in [-0.1, -0.05) is 12.1 Å². The molecule has 1 saturated heterocycles. The first-order chi connectivity index (χ1) is 11.4. The number of benzene rings is 1. The van der Waals surface area contributed by atoms with E-state index in [2.05, 4.69) is 9.97 Å². The topological polar surface area (TPSA) is 46.1 Å². The van der Waals surface area contributed by atoms with Crippen LogP contribution in [0.25, 0.3) is 0 Å². The average molecular weight is 335 g/mol. The lowest BCUT2D eigenvalue weighted by Gasteiger charge is -2.25. The molecule has 2 aromatic rings. The van der Waals surface area contributed by atoms with E-state index in [9.17, 15) is 18.0 Å². The number of rotatable bonds is 2. The molecule has 24 heavy (non-hydrogen) atoms. The summed E-state index contributed by atoms with van der Waals surface area (Å²) in [4.78, 5) is 22.6. The number of halogens is 3. The van der Waals surface area contributed by atoms with Gasteiger partial charge in [-0.3, -0.25) is 4.79 Å². The van der Waals surface area contributed by atoms with Gasteiger partial charge in [-0.25, -0.2) is 9.97 Å². The lowest BCUT2D eigenvalue weighted by Crippen LogP contribution is -2.32. The van der Waals surface area contributed by atoms with Crippen molar-refractivity contribution in [1.29, 1.82) is 0 Å². The summed E-state index contributed by atoms with van der Waals surface area (Å²) in [5.41, 5.74) is -0.556. The third-order valence-electron chi connectivity index (χ3n) is 4.12. The molecular formula is C17H16F3N3O. The van der Waals surface area contributed by atoms with Gasteiger partial charge in [-0.05, 0) is 38.0 Å². The number of aryl methyl sites for hydroxylation is 1. The molecule has 1 amide bonds. The summed E-state index contributed by atoms with van der Waals surface area (Å²) in [6, 6.07) is 6.29. The zero-order chi connectivity index (χ0) is 17.3. The number of alkyl halides is 3. The van der Waals surface area contributed by atoms with Crippen LogP contribution in [0, 0.1) is 6.92 Å². The molecule has 0 spiro atoms. The van der Waals surface area contributed by atoms with Crippen molar-refractivity contribution in [2.75, 3.05) is 6.54 Å². The smallest absolute Gasteiger partial charge is 0.330 e. The van der Waals surface area contributed by atoms with E-state index < -0.39 is 17.6 Å². The zero-order valence-corrected chi connectivity index (χ0v) is 13.0. The third kappa shape index (κ3) is 3.11. The minimum absolute atomic E-state index is 0.317. The van der Waals surface area contributed by atoms with Gasteiger partial charge < -0.3 is 4.90 Å². The molecule has 0 aliphatic carbocycles. The molecule has 0 N–H and O–H groups in total. The molecule has 3 rings (SSSR count). The maximum absolute atomic E-state index is 13.2. The second-order valence-corrected chi connectivity index (χ2v) is 5.73. The maximum Gasteiger partial charge on any atom is 0.417 e. The first kappa shape index (κ1) is 16.4. The van der Waals surface area contributed by atoms with E-state index in [-0.39, 0.29) is 11.6 Å². The van der Waals surface area contributed by atoms with Gasteiger partial charge in [-0.15, -0.1) is 0 Å². The second-order valence-electron chi connectivity index (χ2n) is 5.73. The predicted molar refractivity (Wildman–Crippen MR) is 81.2 cm³/mol. The van der Waals surface area contributed by atoms with E-state index in [1.807, 2.05) is 0 Å². The Labute approximate surface area is 137 Å². The van der Waals surface area contributed by atoms with E-state index in [1.165, 1.54) is 23.1 Å². The van der Waals surface area contributed by atoms with Crippen LogP contribution in [-0.4, -0.2) is 27.3 Å². The molecule has 0 saturated carbocycles. The molecule has 4 nitrogen and oxygen atoms in total. The molecule has 1 fully saturated rings. The Balaban J connectivity index is 1.95. The van der Waals surface area contributed by atoms with Crippen molar-refractivity contribution < 1.29 is 18.0 Å². The number of hydrogen-bond donors (Lipinski definition) is 0. The standard InChI is InChI=1S/C17H16F3N3O/c1-11-21-9-8-14(22-11)15-7-4-10-23(15)16(24)12-5-2-3-6-13(12)17(18,19)20/h2-3,5-6,8-9,15H,4,7,10H2,1H3/t15-/m1/s1. The van der Waals surface area contributed by atoms with E-state index in [4.69, 9.17) is 0 Å². The fraction of sp³-hybridized carbons (Fsp3) is 0.353. The minimum Gasteiger partial charge on any atom is -0.330 e. The van der Waals surface area contributed by atoms with Gasteiger partial charge in [0.25, 0.3) is 5.91 Å². The number of carbonyl (C=O) groups is 1. The highest BCUT2D eigenvalue weighted by atomic mass is 19.4. The first-order valence-corrected chi connectivity index (χ1v) is 7.64. The predicted octanol–water partition coefficient (Wildman–Crippen LogP) is 3.78. The quantitative estimate of drug-likeness (QED) is 0.839. The van der Waals surface area contributed by atoms with Gasteiger partial charge in [0.15, 0.2) is 0 Å². The molecular weight excluding hydrogens is 319 g/mol. The van der Waals surface area contributed by atoms with E-state index in [0.717, 1.165) is 12.5 Å². The SMILES string of the molecule is Cc1nccc([C@H]2CCCN2C(=O)c2ccccc2C(F)(F)F)n1. The zero-order valence-electron chi connectivity index (χ0n) is 13.0. The highest BCUT2D eigenvalue weighted by Crippen LogP contribution is 2.36. The Morgan fingerprint density at radius 3 is 2.71 bits per heavy atom. The molecule has 1 aromatic heterocycles. The summed E-state index contributed by atoms with van der Waals surface area (Å²) in [6.07, 6.45) is -1.56. The van der Waals surface area contributed by atoms with Gasteiger partial charge in [-0.2, -0.15) is 13.2 Å². The largest absolute Gasteiger partial charge is 0.417 e. The van der Waals surface area contributed by atoms with Crippen molar-refractivity contribution in [1.82, 2.24) is 14.9 Å². The number of aromatic nitrogens is 2. The molecule has 126 valence electrons. The first-order valence-electron chi connectivity index (χ1n) is 7.64. The lowest BCUT2D eigenvalue weighted by atomic mass is 10.0. The Morgan fingerprint density at radius 1 is 1.25 bits per heavy atom. The van der Waals surface area contributed by atoms with E-state index >= 15 is 0 Å². The van der Waals surface area contributed by atoms with Crippen molar-refractivity contribution in [2.24, 2.45) is 0 Å². The third-order valence-corrected chi connectivity index (χ3v) is 4.12. The van der Waals surface area contributed by atoms with Crippen molar-refractivity contribution in [3.8, 4) is 0 Å². The van der Waals surface area contributed by atoms with Gasteiger partial charge in [0, 0.05) is 12.7 Å². The molecule has 1 aliphatic heterocycles. The molecule has 2 heterocycles. The Kier molecular flexibility index (Phi) is 4.26. The second kappa shape index (κ2) is 6.22. The van der Waals surface area contributed by atoms with Crippen LogP contribution in [0.2, 0.25) is 0 Å². The van der Waals surface area contributed by atoms with Gasteiger partial charge in [0.1, 0.15) is 5.82 Å². The van der Waals surface area contributed by atoms with Crippen LogP contribution in [0.3, 0.4) is 0 Å². The normalized spacial score (nSPS) is 18.0. The molecule has 0 unspecified atom stereocenters. The van der Waals surface area contributed by atoms with Gasteiger partial charge in [0.2, 0.25) is 0 Å². The molecule has 0 bridgehead atoms. The van der Waals surface area contributed by atoms with Gasteiger partial charge in [0.05, 0.1) is 22.9 Å². The Hall–Kier alpha value is -2.44. The monoisotopic (exact) mass is 335 g/mol. The summed E-state index contributed by atoms with van der Waals surface area (Å²) in [5, 5.41) is 0. The summed E-state index contributed by atoms with van der Waals surface area (Å²) in [7, 11) is 0. The average Bonchev–Trinajstić information content (AvgIpc) is 3.03. The number of carbonyl (C=O) groups excluding carboxylic acids is 1. The van der Waals surface area contributed by atoms with Crippen LogP contribution < -0.4 is 0 Å². The van der Waals surface area contributed by atoms with E-state index in [0.29, 0.717) is 24.5 Å². The Morgan fingerprint density at radius 2 is 2.00 bits per heavy atom. The van der Waals surface area contributed by atoms with Crippen LogP contribution in [0.4, 0.5) is 13.2 Å². The maximum atomic E-state index is 13.2. The number of likely N-dealkylation sites (tertiary alicyclic amines) is 1. The minimum atomic E-state index is -4.56. The van der Waals surface area contributed by atoms with Crippen LogP contribution in [0.5, 0.6) is 0 Å². The van der Waals surface area contributed by atoms with Crippen LogP contribution in [0.1, 0.15) is 46.3 Å². The molecule has 1 aromatic carbocycles. The summed E-state index contributed by atoms with van der Waals surface area (Å²) in [5.74, 6) is -0.0378. The number of hydrogen-bond acceptors (Lipinski definition) is 3. The lowest BCUT2D eigenvalue weighted by molar-refractivity contribution is -0.138. The van der Waals surface area contributed by atoms with Crippen LogP contribution >= 0.6 is 0 Å². The van der Waals surface area contributed by atoms with Crippen molar-refractivity contribution >= 4 is 5.91 Å². The molecule has 1 atom stereocenters. The summed E-state index contributed by atoms with van der Waals surface area (Å²) >= 11 is 0. The molecule has 1 aliphatic rings. The molecule has 0 radical (unpaired) electrons. The number of amides is 1. The van der Waals surface area contributed by atoms with Crippen LogP contribution in [-0.2, 0) is 6.18 Å².